The van der Waals surface area contributed by atoms with Gasteiger partial charge in [0.15, 0.2) is 0 Å². The highest BCUT2D eigenvalue weighted by molar-refractivity contribution is 5.69. The Balaban J connectivity index is 1.06. The van der Waals surface area contributed by atoms with Crippen LogP contribution in [-0.4, -0.2) is 23.1 Å². The Bertz CT molecular complexity index is 1000. The molecule has 0 aromatic heterocycles. The summed E-state index contributed by atoms with van der Waals surface area (Å²) in [6.07, 6.45) is 36.6. The summed E-state index contributed by atoms with van der Waals surface area (Å²) in [6, 6.07) is 0. The molecular formula is C44H76O4. The van der Waals surface area contributed by atoms with E-state index in [9.17, 15) is 9.59 Å². The summed E-state index contributed by atoms with van der Waals surface area (Å²) >= 11 is 0. The van der Waals surface area contributed by atoms with Gasteiger partial charge in [0, 0.05) is 19.3 Å². The van der Waals surface area contributed by atoms with Gasteiger partial charge in [0.2, 0.25) is 0 Å². The van der Waals surface area contributed by atoms with E-state index in [-0.39, 0.29) is 12.1 Å². The molecule has 0 amide bonds. The molecule has 7 atom stereocenters. The van der Waals surface area contributed by atoms with Gasteiger partial charge in [0.25, 0.3) is 0 Å². The van der Waals surface area contributed by atoms with Crippen LogP contribution in [0.5, 0.6) is 0 Å². The lowest BCUT2D eigenvalue weighted by Crippen LogP contribution is -2.53. The molecule has 276 valence electrons. The molecule has 0 aromatic carbocycles. The van der Waals surface area contributed by atoms with Crippen molar-refractivity contribution < 1.29 is 19.4 Å². The van der Waals surface area contributed by atoms with Crippen LogP contribution in [0.3, 0.4) is 0 Å². The summed E-state index contributed by atoms with van der Waals surface area (Å²) < 4.78 is 6.12. The molecule has 4 aliphatic rings. The first kappa shape index (κ1) is 39.5. The molecule has 0 spiro atoms. The number of hydrogen-bond acceptors (Lipinski definition) is 3. The molecule has 7 unspecified atom stereocenters. The van der Waals surface area contributed by atoms with Crippen molar-refractivity contribution in [1.82, 2.24) is 0 Å². The Kier molecular flexibility index (Phi) is 16.4. The van der Waals surface area contributed by atoms with Gasteiger partial charge in [-0.2, -0.15) is 0 Å². The third-order valence-electron chi connectivity index (χ3n) is 14.1. The van der Waals surface area contributed by atoms with Crippen LogP contribution >= 0.6 is 0 Å². The van der Waals surface area contributed by atoms with E-state index in [1.807, 2.05) is 0 Å². The smallest absolute Gasteiger partial charge is 0.306 e. The first-order valence-corrected chi connectivity index (χ1v) is 21.2. The molecule has 0 heterocycles. The van der Waals surface area contributed by atoms with E-state index in [0.29, 0.717) is 23.7 Å². The van der Waals surface area contributed by atoms with Gasteiger partial charge in [-0.05, 0) is 98.2 Å². The minimum absolute atomic E-state index is 0.0395. The molecular weight excluding hydrogens is 592 g/mol. The van der Waals surface area contributed by atoms with Crippen molar-refractivity contribution in [2.24, 2.45) is 40.4 Å². The number of esters is 1. The zero-order chi connectivity index (χ0) is 34.4. The fraction of sp³-hybridized carbons (Fsp3) is 0.909. The van der Waals surface area contributed by atoms with E-state index in [0.717, 1.165) is 68.1 Å². The maximum Gasteiger partial charge on any atom is 0.306 e. The Hall–Kier alpha value is -1.32. The number of rotatable bonds is 23. The number of unbranched alkanes of at least 4 members (excludes halogenated alkanes) is 14. The predicted octanol–water partition coefficient (Wildman–Crippen LogP) is 13.0. The minimum Gasteiger partial charge on any atom is -0.481 e. The molecule has 0 aromatic rings. The third kappa shape index (κ3) is 11.3. The van der Waals surface area contributed by atoms with Crippen molar-refractivity contribution in [3.8, 4) is 0 Å². The monoisotopic (exact) mass is 669 g/mol. The number of carboxylic acid groups (broad SMARTS) is 1. The van der Waals surface area contributed by atoms with Gasteiger partial charge in [-0.15, -0.1) is 0 Å². The Morgan fingerprint density at radius 1 is 0.771 bits per heavy atom. The van der Waals surface area contributed by atoms with Gasteiger partial charge >= 0.3 is 11.9 Å². The summed E-state index contributed by atoms with van der Waals surface area (Å²) in [5.41, 5.74) is 2.40. The van der Waals surface area contributed by atoms with Crippen LogP contribution in [0.15, 0.2) is 11.6 Å². The summed E-state index contributed by atoms with van der Waals surface area (Å²) in [5.74, 6) is 3.89. The molecule has 0 aliphatic heterocycles. The third-order valence-corrected chi connectivity index (χ3v) is 14.1. The summed E-state index contributed by atoms with van der Waals surface area (Å²) in [6.45, 7) is 10.0. The Morgan fingerprint density at radius 2 is 1.38 bits per heavy atom. The molecule has 4 aliphatic carbocycles. The van der Waals surface area contributed by atoms with Gasteiger partial charge in [0.05, 0.1) is 0 Å². The number of allylic oxidation sites excluding steroid dienone is 1. The number of fused-ring (bicyclic) bond motifs is 5. The van der Waals surface area contributed by atoms with E-state index in [2.05, 4.69) is 33.8 Å². The van der Waals surface area contributed by atoms with E-state index in [4.69, 9.17) is 9.84 Å². The highest BCUT2D eigenvalue weighted by atomic mass is 16.5. The van der Waals surface area contributed by atoms with E-state index in [1.165, 1.54) is 128 Å². The van der Waals surface area contributed by atoms with Crippen molar-refractivity contribution in [3.63, 3.8) is 0 Å². The lowest BCUT2D eigenvalue weighted by atomic mass is 9.44. The normalized spacial score (nSPS) is 31.2. The van der Waals surface area contributed by atoms with Crippen LogP contribution in [0.25, 0.3) is 0 Å². The molecule has 4 nitrogen and oxygen atoms in total. The SMILES string of the molecule is CC(C)CCCCC1CCC2C1CCC1C3(C)CCC(OC(=O)CCCCCCCCCCCCCCCCC(=O)O)CC3=CCC21C. The van der Waals surface area contributed by atoms with Crippen LogP contribution in [-0.2, 0) is 14.3 Å². The number of ether oxygens (including phenoxy) is 1. The minimum atomic E-state index is -0.667. The van der Waals surface area contributed by atoms with Crippen molar-refractivity contribution >= 4 is 11.9 Å². The second-order valence-corrected chi connectivity index (χ2v) is 18.0. The van der Waals surface area contributed by atoms with Gasteiger partial charge in [-0.3, -0.25) is 9.59 Å². The summed E-state index contributed by atoms with van der Waals surface area (Å²) in [7, 11) is 0. The maximum atomic E-state index is 12.8. The average Bonchev–Trinajstić information content (AvgIpc) is 3.47. The van der Waals surface area contributed by atoms with Crippen LogP contribution < -0.4 is 0 Å². The van der Waals surface area contributed by atoms with Crippen molar-refractivity contribution in [2.45, 2.75) is 214 Å². The van der Waals surface area contributed by atoms with Gasteiger partial charge < -0.3 is 9.84 Å². The highest BCUT2D eigenvalue weighted by Crippen LogP contribution is 2.68. The second-order valence-electron chi connectivity index (χ2n) is 18.0. The quantitative estimate of drug-likeness (QED) is 0.0668. The van der Waals surface area contributed by atoms with E-state index < -0.39 is 5.97 Å². The number of carbonyl (C=O) groups is 2. The Labute approximate surface area is 296 Å². The first-order valence-electron chi connectivity index (χ1n) is 21.2. The highest BCUT2D eigenvalue weighted by Gasteiger charge is 2.59. The van der Waals surface area contributed by atoms with E-state index >= 15 is 0 Å². The largest absolute Gasteiger partial charge is 0.481 e. The number of carbonyl (C=O) groups excluding carboxylic acids is 1. The van der Waals surface area contributed by atoms with Gasteiger partial charge in [-0.1, -0.05) is 142 Å². The summed E-state index contributed by atoms with van der Waals surface area (Å²) in [4.78, 5) is 23.4. The Morgan fingerprint density at radius 3 is 1.98 bits per heavy atom. The molecule has 4 rings (SSSR count). The fourth-order valence-corrected chi connectivity index (χ4v) is 11.3. The molecule has 1 N–H and O–H groups in total. The number of carboxylic acids is 1. The van der Waals surface area contributed by atoms with Crippen molar-refractivity contribution in [2.75, 3.05) is 0 Å². The lowest BCUT2D eigenvalue weighted by molar-refractivity contribution is -0.152. The molecule has 48 heavy (non-hydrogen) atoms. The van der Waals surface area contributed by atoms with Crippen LogP contribution in [0.2, 0.25) is 0 Å². The number of hydrogen-bond donors (Lipinski definition) is 1. The molecule has 0 bridgehead atoms. The predicted molar refractivity (Wildman–Crippen MR) is 200 cm³/mol. The zero-order valence-corrected chi connectivity index (χ0v) is 32.0. The van der Waals surface area contributed by atoms with Crippen LogP contribution in [0.1, 0.15) is 207 Å². The van der Waals surface area contributed by atoms with E-state index in [1.54, 1.807) is 5.57 Å². The maximum absolute atomic E-state index is 12.8. The topological polar surface area (TPSA) is 63.6 Å². The van der Waals surface area contributed by atoms with Crippen LogP contribution in [0, 0.1) is 40.4 Å². The molecule has 0 saturated heterocycles. The average molecular weight is 669 g/mol. The number of aliphatic carboxylic acids is 1. The molecule has 4 heteroatoms. The molecule has 3 fully saturated rings. The van der Waals surface area contributed by atoms with Gasteiger partial charge in [0.1, 0.15) is 6.10 Å². The fourth-order valence-electron chi connectivity index (χ4n) is 11.3. The standard InChI is InChI=1S/C44H76O4/c1-34(2)21-19-20-22-35-25-27-39-38(35)26-28-40-43(3)32-30-37(33-36(43)29-31-44(39,40)4)48-42(47)24-18-16-14-12-10-8-6-5-7-9-11-13-15-17-23-41(45)46/h29,34-35,37-40H,5-28,30-33H2,1-4H3,(H,45,46). The van der Waals surface area contributed by atoms with Gasteiger partial charge in [-0.25, -0.2) is 0 Å². The zero-order valence-electron chi connectivity index (χ0n) is 32.0. The molecule has 3 saturated carbocycles. The van der Waals surface area contributed by atoms with Crippen molar-refractivity contribution in [1.29, 1.82) is 0 Å². The molecule has 0 radical (unpaired) electrons. The second kappa shape index (κ2) is 19.9. The summed E-state index contributed by atoms with van der Waals surface area (Å²) in [5, 5.41) is 8.69. The van der Waals surface area contributed by atoms with Crippen molar-refractivity contribution in [3.05, 3.63) is 11.6 Å². The first-order chi connectivity index (χ1) is 23.1. The lowest BCUT2D eigenvalue weighted by Gasteiger charge is -2.61. The van der Waals surface area contributed by atoms with Crippen LogP contribution in [0.4, 0.5) is 0 Å².